The van der Waals surface area contributed by atoms with E-state index in [1.54, 1.807) is 44.4 Å². The number of carboxylic acids is 1. The van der Waals surface area contributed by atoms with Crippen molar-refractivity contribution in [2.75, 3.05) is 20.3 Å². The van der Waals surface area contributed by atoms with Crippen molar-refractivity contribution >= 4 is 18.1 Å². The number of carbonyl (C=O) groups excluding carboxylic acids is 1. The van der Waals surface area contributed by atoms with E-state index in [0.717, 1.165) is 11.3 Å². The van der Waals surface area contributed by atoms with Crippen molar-refractivity contribution in [3.05, 3.63) is 53.6 Å². The van der Waals surface area contributed by atoms with Gasteiger partial charge in [-0.15, -0.1) is 0 Å². The summed E-state index contributed by atoms with van der Waals surface area (Å²) in [5.74, 6) is 0.116. The maximum Gasteiger partial charge on any atom is 0.341 e. The van der Waals surface area contributed by atoms with E-state index in [1.807, 2.05) is 12.1 Å². The first-order valence-electron chi connectivity index (χ1n) is 8.58. The second kappa shape index (κ2) is 10.6. The van der Waals surface area contributed by atoms with Gasteiger partial charge < -0.3 is 19.3 Å². The van der Waals surface area contributed by atoms with E-state index in [4.69, 9.17) is 19.3 Å². The van der Waals surface area contributed by atoms with Crippen LogP contribution in [-0.2, 0) is 16.0 Å². The Balaban J connectivity index is 1.95. The molecule has 2 aromatic rings. The lowest BCUT2D eigenvalue weighted by Crippen LogP contribution is -2.19. The third-order valence-electron chi connectivity index (χ3n) is 3.55. The number of nitrogens with zero attached hydrogens (tertiary/aromatic N) is 1. The fourth-order valence-electron chi connectivity index (χ4n) is 2.28. The van der Waals surface area contributed by atoms with Crippen LogP contribution in [0.1, 0.15) is 18.1 Å². The molecule has 0 fully saturated rings. The molecular weight excluding hydrogens is 364 g/mol. The Morgan fingerprint density at radius 2 is 1.86 bits per heavy atom. The molecule has 0 radical (unpaired) electrons. The van der Waals surface area contributed by atoms with Gasteiger partial charge in [-0.1, -0.05) is 12.1 Å². The third-order valence-corrected chi connectivity index (χ3v) is 3.55. The van der Waals surface area contributed by atoms with Gasteiger partial charge in [0.2, 0.25) is 5.91 Å². The molecule has 2 aromatic carbocycles. The monoisotopic (exact) mass is 386 g/mol. The van der Waals surface area contributed by atoms with E-state index in [-0.39, 0.29) is 12.3 Å². The first kappa shape index (κ1) is 20.8. The topological polar surface area (TPSA) is 106 Å². The number of benzene rings is 2. The summed E-state index contributed by atoms with van der Waals surface area (Å²) in [4.78, 5) is 22.6. The molecule has 28 heavy (non-hydrogen) atoms. The molecule has 0 unspecified atom stereocenters. The standard InChI is InChI=1S/C20H22N2O6/c1-3-27-18-10-15(6-9-17(18)28-13-20(24)25)12-21-22-19(23)11-14-4-7-16(26-2)8-5-14/h4-10,12H,3,11,13H2,1-2H3,(H,22,23)(H,24,25)/b21-12+. The maximum absolute atomic E-state index is 12.0. The molecule has 0 bridgehead atoms. The zero-order chi connectivity index (χ0) is 20.4. The largest absolute Gasteiger partial charge is 0.497 e. The average Bonchev–Trinajstić information content (AvgIpc) is 2.68. The SMILES string of the molecule is CCOc1cc(/C=N/NC(=O)Cc2ccc(OC)cc2)ccc1OCC(=O)O. The van der Waals surface area contributed by atoms with E-state index in [0.29, 0.717) is 23.7 Å². The van der Waals surface area contributed by atoms with Gasteiger partial charge in [0.05, 0.1) is 26.4 Å². The summed E-state index contributed by atoms with van der Waals surface area (Å²) in [6, 6.07) is 12.1. The Hall–Kier alpha value is -3.55. The number of hydrazone groups is 1. The molecule has 8 nitrogen and oxygen atoms in total. The van der Waals surface area contributed by atoms with Gasteiger partial charge in [-0.3, -0.25) is 4.79 Å². The molecule has 1 amide bonds. The minimum atomic E-state index is -1.08. The second-order valence-electron chi connectivity index (χ2n) is 5.64. The summed E-state index contributed by atoms with van der Waals surface area (Å²) in [6.45, 7) is 1.73. The average molecular weight is 386 g/mol. The number of amides is 1. The van der Waals surface area contributed by atoms with Crippen LogP contribution in [0.5, 0.6) is 17.2 Å². The Kier molecular flexibility index (Phi) is 7.83. The Morgan fingerprint density at radius 3 is 2.50 bits per heavy atom. The summed E-state index contributed by atoms with van der Waals surface area (Å²) in [5.41, 5.74) is 3.97. The van der Waals surface area contributed by atoms with E-state index in [9.17, 15) is 9.59 Å². The van der Waals surface area contributed by atoms with Gasteiger partial charge in [0.15, 0.2) is 18.1 Å². The summed E-state index contributed by atoms with van der Waals surface area (Å²) in [5, 5.41) is 12.7. The number of rotatable bonds is 10. The maximum atomic E-state index is 12.0. The van der Waals surface area contributed by atoms with Crippen molar-refractivity contribution in [2.24, 2.45) is 5.10 Å². The zero-order valence-electron chi connectivity index (χ0n) is 15.7. The van der Waals surface area contributed by atoms with Gasteiger partial charge in [0.25, 0.3) is 0 Å². The van der Waals surface area contributed by atoms with Gasteiger partial charge in [-0.2, -0.15) is 5.10 Å². The highest BCUT2D eigenvalue weighted by atomic mass is 16.5. The quantitative estimate of drug-likeness (QED) is 0.479. The van der Waals surface area contributed by atoms with Crippen LogP contribution >= 0.6 is 0 Å². The first-order valence-corrected chi connectivity index (χ1v) is 8.58. The third kappa shape index (κ3) is 6.64. The number of carbonyl (C=O) groups is 2. The second-order valence-corrected chi connectivity index (χ2v) is 5.64. The zero-order valence-corrected chi connectivity index (χ0v) is 15.7. The predicted octanol–water partition coefficient (Wildman–Crippen LogP) is 2.25. The Bertz CT molecular complexity index is 833. The molecule has 0 aliphatic rings. The molecule has 8 heteroatoms. The van der Waals surface area contributed by atoms with Crippen LogP contribution in [-0.4, -0.2) is 43.5 Å². The number of methoxy groups -OCH3 is 1. The predicted molar refractivity (Wildman–Crippen MR) is 103 cm³/mol. The van der Waals surface area contributed by atoms with Crippen molar-refractivity contribution < 1.29 is 28.9 Å². The Morgan fingerprint density at radius 1 is 1.11 bits per heavy atom. The minimum absolute atomic E-state index is 0.188. The van der Waals surface area contributed by atoms with Crippen molar-refractivity contribution in [2.45, 2.75) is 13.3 Å². The Labute approximate surface area is 162 Å². The van der Waals surface area contributed by atoms with Crippen LogP contribution in [0.25, 0.3) is 0 Å². The van der Waals surface area contributed by atoms with Gasteiger partial charge in [-0.25, -0.2) is 10.2 Å². The number of aliphatic carboxylic acids is 1. The van der Waals surface area contributed by atoms with Crippen molar-refractivity contribution in [3.63, 3.8) is 0 Å². The highest BCUT2D eigenvalue weighted by molar-refractivity contribution is 5.84. The number of carboxylic acid groups (broad SMARTS) is 1. The number of nitrogens with one attached hydrogen (secondary N) is 1. The molecular formula is C20H22N2O6. The van der Waals surface area contributed by atoms with Crippen LogP contribution in [0.3, 0.4) is 0 Å². The minimum Gasteiger partial charge on any atom is -0.497 e. The van der Waals surface area contributed by atoms with Gasteiger partial charge in [-0.05, 0) is 48.4 Å². The summed E-state index contributed by atoms with van der Waals surface area (Å²) >= 11 is 0. The highest BCUT2D eigenvalue weighted by Gasteiger charge is 2.08. The molecule has 2 rings (SSSR count). The molecule has 148 valence electrons. The smallest absolute Gasteiger partial charge is 0.341 e. The fourth-order valence-corrected chi connectivity index (χ4v) is 2.28. The lowest BCUT2D eigenvalue weighted by Gasteiger charge is -2.11. The van der Waals surface area contributed by atoms with Crippen molar-refractivity contribution in [1.82, 2.24) is 5.43 Å². The van der Waals surface area contributed by atoms with Crippen LogP contribution in [0.2, 0.25) is 0 Å². The summed E-state index contributed by atoms with van der Waals surface area (Å²) in [7, 11) is 1.58. The summed E-state index contributed by atoms with van der Waals surface area (Å²) in [6.07, 6.45) is 1.66. The summed E-state index contributed by atoms with van der Waals surface area (Å²) < 4.78 is 15.7. The first-order chi connectivity index (χ1) is 13.5. The number of hydrogen-bond donors (Lipinski definition) is 2. The molecule has 0 aromatic heterocycles. The van der Waals surface area contributed by atoms with E-state index in [2.05, 4.69) is 10.5 Å². The van der Waals surface area contributed by atoms with E-state index >= 15 is 0 Å². The molecule has 0 saturated heterocycles. The molecule has 0 spiro atoms. The van der Waals surface area contributed by atoms with Crippen molar-refractivity contribution in [3.8, 4) is 17.2 Å². The van der Waals surface area contributed by atoms with Crippen LogP contribution in [0.15, 0.2) is 47.6 Å². The lowest BCUT2D eigenvalue weighted by atomic mass is 10.1. The number of hydrogen-bond acceptors (Lipinski definition) is 6. The van der Waals surface area contributed by atoms with Gasteiger partial charge in [0.1, 0.15) is 5.75 Å². The van der Waals surface area contributed by atoms with E-state index in [1.165, 1.54) is 6.21 Å². The number of ether oxygens (including phenoxy) is 3. The molecule has 0 aliphatic carbocycles. The molecule has 0 saturated carbocycles. The van der Waals surface area contributed by atoms with Crippen LogP contribution < -0.4 is 19.6 Å². The molecule has 2 N–H and O–H groups in total. The molecule has 0 heterocycles. The molecule has 0 aliphatic heterocycles. The van der Waals surface area contributed by atoms with Crippen LogP contribution in [0, 0.1) is 0 Å². The van der Waals surface area contributed by atoms with Crippen LogP contribution in [0.4, 0.5) is 0 Å². The highest BCUT2D eigenvalue weighted by Crippen LogP contribution is 2.28. The van der Waals surface area contributed by atoms with Gasteiger partial charge in [0, 0.05) is 0 Å². The van der Waals surface area contributed by atoms with E-state index < -0.39 is 12.6 Å². The molecule has 0 atom stereocenters. The van der Waals surface area contributed by atoms with Gasteiger partial charge >= 0.3 is 5.97 Å². The fraction of sp³-hybridized carbons (Fsp3) is 0.250. The normalized spacial score (nSPS) is 10.5. The van der Waals surface area contributed by atoms with Crippen molar-refractivity contribution in [1.29, 1.82) is 0 Å². The lowest BCUT2D eigenvalue weighted by molar-refractivity contribution is -0.139.